The summed E-state index contributed by atoms with van der Waals surface area (Å²) in [5, 5.41) is 12.9. The fourth-order valence-electron chi connectivity index (χ4n) is 3.88. The Kier molecular flexibility index (Phi) is 6.11. The maximum atomic E-state index is 13.1. The molecule has 27 heavy (non-hydrogen) atoms. The second kappa shape index (κ2) is 8.35. The van der Waals surface area contributed by atoms with Gasteiger partial charge in [-0.3, -0.25) is 10.1 Å². The van der Waals surface area contributed by atoms with Crippen molar-refractivity contribution in [2.75, 3.05) is 12.3 Å². The first kappa shape index (κ1) is 19.8. The van der Waals surface area contributed by atoms with Crippen LogP contribution in [0, 0.1) is 11.3 Å². The highest BCUT2D eigenvalue weighted by molar-refractivity contribution is 8.00. The smallest absolute Gasteiger partial charge is 0.241 e. The molecule has 2 heterocycles. The Labute approximate surface area is 170 Å². The summed E-state index contributed by atoms with van der Waals surface area (Å²) >= 11 is 1.76. The molecule has 4 nitrogen and oxygen atoms in total. The van der Waals surface area contributed by atoms with Gasteiger partial charge in [0, 0.05) is 12.3 Å². The van der Waals surface area contributed by atoms with Gasteiger partial charge in [-0.15, -0.1) is 24.2 Å². The quantitative estimate of drug-likeness (QED) is 0.857. The molecule has 0 bridgehead atoms. The van der Waals surface area contributed by atoms with E-state index in [9.17, 15) is 10.1 Å². The van der Waals surface area contributed by atoms with E-state index in [1.54, 1.807) is 16.7 Å². The minimum absolute atomic E-state index is 0. The third-order valence-corrected chi connectivity index (χ3v) is 6.71. The average Bonchev–Trinajstić information content (AvgIpc) is 3.37. The van der Waals surface area contributed by atoms with E-state index in [2.05, 4.69) is 35.7 Å². The lowest BCUT2D eigenvalue weighted by Gasteiger charge is -2.31. The number of nitriles is 1. The molecule has 6 heteroatoms. The molecule has 2 aliphatic heterocycles. The van der Waals surface area contributed by atoms with Crippen LogP contribution in [-0.4, -0.2) is 35.2 Å². The van der Waals surface area contributed by atoms with Crippen molar-refractivity contribution in [1.29, 1.82) is 5.26 Å². The Balaban J connectivity index is 0.00000210. The third-order valence-electron chi connectivity index (χ3n) is 5.19. The number of benzene rings is 2. The summed E-state index contributed by atoms with van der Waals surface area (Å²) in [5.74, 6) is 0.743. The van der Waals surface area contributed by atoms with Crippen molar-refractivity contribution in [3.8, 4) is 6.07 Å². The number of hydrogen-bond acceptors (Lipinski definition) is 4. The molecule has 2 saturated heterocycles. The lowest BCUT2D eigenvalue weighted by Crippen LogP contribution is -2.50. The van der Waals surface area contributed by atoms with Gasteiger partial charge in [-0.1, -0.05) is 60.7 Å². The predicted molar refractivity (Wildman–Crippen MR) is 111 cm³/mol. The van der Waals surface area contributed by atoms with Crippen LogP contribution in [0.4, 0.5) is 0 Å². The van der Waals surface area contributed by atoms with Gasteiger partial charge in [-0.05, 0) is 24.0 Å². The van der Waals surface area contributed by atoms with E-state index < -0.39 is 4.87 Å². The first-order chi connectivity index (χ1) is 12.7. The van der Waals surface area contributed by atoms with Crippen LogP contribution < -0.4 is 5.32 Å². The summed E-state index contributed by atoms with van der Waals surface area (Å²) in [7, 11) is 0. The Hall–Kier alpha value is -2.00. The van der Waals surface area contributed by atoms with E-state index in [0.717, 1.165) is 24.0 Å². The fourth-order valence-corrected chi connectivity index (χ4v) is 5.35. The number of nitrogens with one attached hydrogen (secondary N) is 1. The molecule has 2 atom stereocenters. The predicted octanol–water partition coefficient (Wildman–Crippen LogP) is 3.53. The maximum absolute atomic E-state index is 13.1. The van der Waals surface area contributed by atoms with Crippen molar-refractivity contribution in [2.45, 2.75) is 29.8 Å². The van der Waals surface area contributed by atoms with Crippen LogP contribution in [0.1, 0.15) is 24.0 Å². The van der Waals surface area contributed by atoms with E-state index >= 15 is 0 Å². The van der Waals surface area contributed by atoms with Gasteiger partial charge in [0.1, 0.15) is 10.9 Å². The van der Waals surface area contributed by atoms with Crippen molar-refractivity contribution < 1.29 is 4.79 Å². The summed E-state index contributed by atoms with van der Waals surface area (Å²) in [6.07, 6.45) is 1.69. The normalized spacial score (nSPS) is 23.4. The van der Waals surface area contributed by atoms with Crippen LogP contribution in [0.15, 0.2) is 60.7 Å². The largest absolute Gasteiger partial charge is 0.325 e. The minimum atomic E-state index is -0.440. The highest BCUT2D eigenvalue weighted by atomic mass is 35.5. The number of likely N-dealkylation sites (tertiary alicyclic amines) is 1. The zero-order valence-electron chi connectivity index (χ0n) is 14.9. The lowest BCUT2D eigenvalue weighted by atomic mass is 9.97. The number of hydrogen-bond donors (Lipinski definition) is 1. The highest BCUT2D eigenvalue weighted by Crippen LogP contribution is 2.45. The Bertz CT molecular complexity index is 785. The minimum Gasteiger partial charge on any atom is -0.325 e. The topological polar surface area (TPSA) is 56.1 Å². The van der Waals surface area contributed by atoms with Gasteiger partial charge < -0.3 is 4.90 Å². The van der Waals surface area contributed by atoms with Crippen molar-refractivity contribution in [2.24, 2.45) is 0 Å². The second-order valence-corrected chi connectivity index (χ2v) is 7.97. The number of carbonyl (C=O) groups is 1. The first-order valence-electron chi connectivity index (χ1n) is 8.97. The van der Waals surface area contributed by atoms with E-state index in [4.69, 9.17) is 0 Å². The zero-order chi connectivity index (χ0) is 18.0. The lowest BCUT2D eigenvalue weighted by molar-refractivity contribution is -0.132. The Morgan fingerprint density at radius 3 is 2.26 bits per heavy atom. The molecule has 1 N–H and O–H groups in total. The molecule has 0 aromatic heterocycles. The first-order valence-corrected chi connectivity index (χ1v) is 9.96. The standard InChI is InChI=1S/C21H21N3OS.ClH/c22-14-18-12-7-13-24(18)20(25)19-15-26-21(23-19,16-8-3-1-4-9-16)17-10-5-2-6-11-17;/h1-6,8-11,18-19,23H,7,12-13,15H2;1H/t18-,19-;/m0./s1. The summed E-state index contributed by atoms with van der Waals surface area (Å²) < 4.78 is 0. The summed E-state index contributed by atoms with van der Waals surface area (Å²) in [5.41, 5.74) is 2.29. The second-order valence-electron chi connectivity index (χ2n) is 6.74. The molecule has 2 aromatic carbocycles. The molecule has 0 unspecified atom stereocenters. The van der Waals surface area contributed by atoms with Gasteiger partial charge in [0.15, 0.2) is 0 Å². The number of carbonyl (C=O) groups excluding carboxylic acids is 1. The zero-order valence-corrected chi connectivity index (χ0v) is 16.5. The molecule has 1 amide bonds. The van der Waals surface area contributed by atoms with Gasteiger partial charge >= 0.3 is 0 Å². The van der Waals surface area contributed by atoms with Crippen LogP contribution in [0.3, 0.4) is 0 Å². The van der Waals surface area contributed by atoms with Gasteiger partial charge in [-0.2, -0.15) is 5.26 Å². The number of thioether (sulfide) groups is 1. The van der Waals surface area contributed by atoms with E-state index in [1.807, 2.05) is 36.4 Å². The average molecular weight is 400 g/mol. The van der Waals surface area contributed by atoms with Gasteiger partial charge in [0.2, 0.25) is 5.91 Å². The van der Waals surface area contributed by atoms with Gasteiger partial charge in [-0.25, -0.2) is 0 Å². The number of halogens is 1. The SMILES string of the molecule is Cl.N#C[C@@H]1CCCN1C(=O)[C@@H]1CSC(c2ccccc2)(c2ccccc2)N1. The van der Waals surface area contributed by atoms with Crippen LogP contribution in [0.5, 0.6) is 0 Å². The number of amides is 1. The van der Waals surface area contributed by atoms with Crippen LogP contribution in [-0.2, 0) is 9.67 Å². The molecule has 140 valence electrons. The monoisotopic (exact) mass is 399 g/mol. The van der Waals surface area contributed by atoms with Crippen molar-refractivity contribution in [1.82, 2.24) is 10.2 Å². The molecular formula is C21H22ClN3OS. The van der Waals surface area contributed by atoms with Gasteiger partial charge in [0.05, 0.1) is 12.1 Å². The maximum Gasteiger partial charge on any atom is 0.241 e. The summed E-state index contributed by atoms with van der Waals surface area (Å²) in [6, 6.07) is 22.3. The number of nitrogens with zero attached hydrogens (tertiary/aromatic N) is 2. The fraction of sp³-hybridized carbons (Fsp3) is 0.333. The molecule has 2 aliphatic rings. The molecule has 0 spiro atoms. The molecule has 0 aliphatic carbocycles. The molecule has 4 rings (SSSR count). The van der Waals surface area contributed by atoms with Crippen molar-refractivity contribution in [3.05, 3.63) is 71.8 Å². The molecule has 0 radical (unpaired) electrons. The summed E-state index contributed by atoms with van der Waals surface area (Å²) in [4.78, 5) is 14.4. The van der Waals surface area contributed by atoms with Crippen LogP contribution in [0.2, 0.25) is 0 Å². The highest BCUT2D eigenvalue weighted by Gasteiger charge is 2.46. The Morgan fingerprint density at radius 2 is 1.70 bits per heavy atom. The van der Waals surface area contributed by atoms with E-state index in [0.29, 0.717) is 12.3 Å². The van der Waals surface area contributed by atoms with Gasteiger partial charge in [0.25, 0.3) is 0 Å². The van der Waals surface area contributed by atoms with Crippen LogP contribution >= 0.6 is 24.2 Å². The third kappa shape index (κ3) is 3.58. The van der Waals surface area contributed by atoms with Crippen molar-refractivity contribution >= 4 is 30.1 Å². The molecule has 0 saturated carbocycles. The Morgan fingerprint density at radius 1 is 1.11 bits per heavy atom. The number of rotatable bonds is 3. The van der Waals surface area contributed by atoms with E-state index in [-0.39, 0.29) is 30.4 Å². The van der Waals surface area contributed by atoms with E-state index in [1.165, 1.54) is 0 Å². The van der Waals surface area contributed by atoms with Crippen LogP contribution in [0.25, 0.3) is 0 Å². The van der Waals surface area contributed by atoms with Crippen molar-refractivity contribution in [3.63, 3.8) is 0 Å². The molecule has 2 aromatic rings. The molecule has 2 fully saturated rings. The molecular weight excluding hydrogens is 378 g/mol. The summed E-state index contributed by atoms with van der Waals surface area (Å²) in [6.45, 7) is 0.684.